The fourth-order valence-electron chi connectivity index (χ4n) is 2.96. The topological polar surface area (TPSA) is 55.3 Å². The number of carbonyl (C=O) groups excluding carboxylic acids is 1. The Morgan fingerprint density at radius 3 is 2.85 bits per heavy atom. The van der Waals surface area contributed by atoms with Gasteiger partial charge < -0.3 is 9.64 Å². The number of hydrogen-bond acceptors (Lipinski definition) is 6. The van der Waals surface area contributed by atoms with Gasteiger partial charge in [0.15, 0.2) is 4.34 Å². The van der Waals surface area contributed by atoms with Gasteiger partial charge >= 0.3 is 0 Å². The van der Waals surface area contributed by atoms with Crippen LogP contribution in [0.1, 0.15) is 12.8 Å². The van der Waals surface area contributed by atoms with E-state index in [0.29, 0.717) is 5.75 Å². The number of hydrogen-bond donors (Lipinski definition) is 0. The Hall–Kier alpha value is -2.12. The molecule has 0 aliphatic carbocycles. The van der Waals surface area contributed by atoms with Gasteiger partial charge in [0.05, 0.1) is 22.2 Å². The predicted molar refractivity (Wildman–Crippen MR) is 105 cm³/mol. The molecule has 1 amide bonds. The highest BCUT2D eigenvalue weighted by Crippen LogP contribution is 2.29. The average Bonchev–Trinajstić information content (AvgIpc) is 3.10. The molecule has 0 radical (unpaired) electrons. The second kappa shape index (κ2) is 8.05. The molecule has 1 aliphatic heterocycles. The van der Waals surface area contributed by atoms with Crippen molar-refractivity contribution in [3.8, 4) is 5.75 Å². The fourth-order valence-corrected chi connectivity index (χ4v) is 4.93. The molecule has 0 saturated carbocycles. The maximum atomic E-state index is 12.5. The van der Waals surface area contributed by atoms with Crippen molar-refractivity contribution in [2.24, 2.45) is 0 Å². The van der Waals surface area contributed by atoms with E-state index in [-0.39, 0.29) is 12.0 Å². The number of nitrogens with zero attached hydrogens (tertiary/aromatic N) is 3. The molecule has 1 fully saturated rings. The van der Waals surface area contributed by atoms with E-state index in [1.54, 1.807) is 23.7 Å². The standard InChI is InChI=1S/C19H19N3O2S2/c23-18(13-25-19-21-16-5-1-2-6-17(16)26-19)22-10-7-14(8-11-22)24-15-4-3-9-20-12-15/h1-6,9,12,14H,7-8,10-11,13H2. The maximum absolute atomic E-state index is 12.5. The Labute approximate surface area is 160 Å². The van der Waals surface area contributed by atoms with Gasteiger partial charge in [-0.1, -0.05) is 23.9 Å². The lowest BCUT2D eigenvalue weighted by Gasteiger charge is -2.32. The number of aromatic nitrogens is 2. The molecule has 7 heteroatoms. The molecule has 4 rings (SSSR count). The van der Waals surface area contributed by atoms with Gasteiger partial charge in [0, 0.05) is 32.1 Å². The van der Waals surface area contributed by atoms with Crippen molar-refractivity contribution in [2.45, 2.75) is 23.3 Å². The number of pyridine rings is 1. The average molecular weight is 386 g/mol. The number of amides is 1. The summed E-state index contributed by atoms with van der Waals surface area (Å²) in [5.41, 5.74) is 1.00. The van der Waals surface area contributed by atoms with Gasteiger partial charge in [-0.15, -0.1) is 11.3 Å². The lowest BCUT2D eigenvalue weighted by molar-refractivity contribution is -0.130. The van der Waals surface area contributed by atoms with E-state index in [0.717, 1.165) is 46.2 Å². The second-order valence-electron chi connectivity index (χ2n) is 6.12. The number of piperidine rings is 1. The third-order valence-corrected chi connectivity index (χ3v) is 6.49. The third-order valence-electron chi connectivity index (χ3n) is 4.33. The van der Waals surface area contributed by atoms with Crippen molar-refractivity contribution in [1.82, 2.24) is 14.9 Å². The Bertz CT molecular complexity index is 844. The zero-order chi connectivity index (χ0) is 17.8. The zero-order valence-corrected chi connectivity index (χ0v) is 15.8. The number of fused-ring (bicyclic) bond motifs is 1. The summed E-state index contributed by atoms with van der Waals surface area (Å²) in [6, 6.07) is 11.8. The van der Waals surface area contributed by atoms with E-state index in [2.05, 4.69) is 16.0 Å². The Morgan fingerprint density at radius 1 is 1.23 bits per heavy atom. The molecule has 3 aromatic rings. The van der Waals surface area contributed by atoms with Crippen molar-refractivity contribution in [2.75, 3.05) is 18.8 Å². The maximum Gasteiger partial charge on any atom is 0.233 e. The number of rotatable bonds is 5. The normalized spacial score (nSPS) is 15.3. The van der Waals surface area contributed by atoms with Gasteiger partial charge in [-0.3, -0.25) is 9.78 Å². The van der Waals surface area contributed by atoms with Crippen molar-refractivity contribution in [3.05, 3.63) is 48.8 Å². The van der Waals surface area contributed by atoms with E-state index in [1.165, 1.54) is 11.8 Å². The van der Waals surface area contributed by atoms with Gasteiger partial charge in [-0.05, 0) is 24.3 Å². The van der Waals surface area contributed by atoms with Crippen LogP contribution in [0, 0.1) is 0 Å². The second-order valence-corrected chi connectivity index (χ2v) is 8.38. The van der Waals surface area contributed by atoms with E-state index in [9.17, 15) is 4.79 Å². The molecular weight excluding hydrogens is 366 g/mol. The Morgan fingerprint density at radius 2 is 2.08 bits per heavy atom. The number of carbonyl (C=O) groups is 1. The molecule has 1 aromatic carbocycles. The van der Waals surface area contributed by atoms with Crippen LogP contribution in [-0.4, -0.2) is 45.7 Å². The molecule has 0 spiro atoms. The summed E-state index contributed by atoms with van der Waals surface area (Å²) < 4.78 is 8.05. The number of thiazole rings is 1. The third kappa shape index (κ3) is 4.16. The molecule has 0 atom stereocenters. The molecule has 0 unspecified atom stereocenters. The van der Waals surface area contributed by atoms with Crippen LogP contribution in [0.3, 0.4) is 0 Å². The number of likely N-dealkylation sites (tertiary alicyclic amines) is 1. The zero-order valence-electron chi connectivity index (χ0n) is 14.2. The van der Waals surface area contributed by atoms with Gasteiger partial charge in [0.2, 0.25) is 5.91 Å². The van der Waals surface area contributed by atoms with Crippen LogP contribution in [0.2, 0.25) is 0 Å². The quantitative estimate of drug-likeness (QED) is 0.625. The molecule has 1 saturated heterocycles. The lowest BCUT2D eigenvalue weighted by Crippen LogP contribution is -2.42. The largest absolute Gasteiger partial charge is 0.489 e. The van der Waals surface area contributed by atoms with E-state index in [1.807, 2.05) is 35.2 Å². The highest BCUT2D eigenvalue weighted by Gasteiger charge is 2.24. The summed E-state index contributed by atoms with van der Waals surface area (Å²) in [5.74, 6) is 1.41. The molecule has 1 aliphatic rings. The first-order valence-electron chi connectivity index (χ1n) is 8.61. The first kappa shape index (κ1) is 17.3. The monoisotopic (exact) mass is 385 g/mol. The molecule has 134 valence electrons. The minimum atomic E-state index is 0.153. The molecule has 26 heavy (non-hydrogen) atoms. The molecule has 2 aromatic heterocycles. The van der Waals surface area contributed by atoms with Crippen LogP contribution in [0.25, 0.3) is 10.2 Å². The highest BCUT2D eigenvalue weighted by molar-refractivity contribution is 8.01. The van der Waals surface area contributed by atoms with Crippen molar-refractivity contribution >= 4 is 39.2 Å². The van der Waals surface area contributed by atoms with Gasteiger partial charge in [0.1, 0.15) is 11.9 Å². The Kier molecular flexibility index (Phi) is 5.36. The number of para-hydroxylation sites is 1. The van der Waals surface area contributed by atoms with Crippen LogP contribution < -0.4 is 4.74 Å². The van der Waals surface area contributed by atoms with Crippen LogP contribution in [0.15, 0.2) is 53.1 Å². The Balaban J connectivity index is 1.25. The fraction of sp³-hybridized carbons (Fsp3) is 0.316. The number of thioether (sulfide) groups is 1. The van der Waals surface area contributed by atoms with E-state index >= 15 is 0 Å². The minimum absolute atomic E-state index is 0.153. The summed E-state index contributed by atoms with van der Waals surface area (Å²) in [6.45, 7) is 1.48. The first-order valence-corrected chi connectivity index (χ1v) is 10.4. The number of benzene rings is 1. The van der Waals surface area contributed by atoms with Gasteiger partial charge in [0.25, 0.3) is 0 Å². The van der Waals surface area contributed by atoms with Crippen LogP contribution >= 0.6 is 23.1 Å². The molecular formula is C19H19N3O2S2. The van der Waals surface area contributed by atoms with Crippen LogP contribution in [0.5, 0.6) is 5.75 Å². The summed E-state index contributed by atoms with van der Waals surface area (Å²) in [4.78, 5) is 23.1. The van der Waals surface area contributed by atoms with E-state index < -0.39 is 0 Å². The van der Waals surface area contributed by atoms with E-state index in [4.69, 9.17) is 4.74 Å². The highest BCUT2D eigenvalue weighted by atomic mass is 32.2. The summed E-state index contributed by atoms with van der Waals surface area (Å²) >= 11 is 3.17. The molecule has 0 bridgehead atoms. The SMILES string of the molecule is O=C(CSc1nc2ccccc2s1)N1CCC(Oc2cccnc2)CC1. The van der Waals surface area contributed by atoms with Crippen molar-refractivity contribution in [1.29, 1.82) is 0 Å². The molecule has 5 nitrogen and oxygen atoms in total. The molecule has 0 N–H and O–H groups in total. The van der Waals surface area contributed by atoms with Crippen molar-refractivity contribution in [3.63, 3.8) is 0 Å². The van der Waals surface area contributed by atoms with Gasteiger partial charge in [-0.25, -0.2) is 4.98 Å². The first-order chi connectivity index (χ1) is 12.8. The summed E-state index contributed by atoms with van der Waals surface area (Å²) in [5, 5.41) is 0. The summed E-state index contributed by atoms with van der Waals surface area (Å²) in [7, 11) is 0. The summed E-state index contributed by atoms with van der Waals surface area (Å²) in [6.07, 6.45) is 5.32. The molecule has 3 heterocycles. The number of ether oxygens (including phenoxy) is 1. The minimum Gasteiger partial charge on any atom is -0.489 e. The van der Waals surface area contributed by atoms with Crippen molar-refractivity contribution < 1.29 is 9.53 Å². The smallest absolute Gasteiger partial charge is 0.233 e. The predicted octanol–water partition coefficient (Wildman–Crippen LogP) is 3.85. The lowest BCUT2D eigenvalue weighted by atomic mass is 10.1. The van der Waals surface area contributed by atoms with Crippen LogP contribution in [0.4, 0.5) is 0 Å². The van der Waals surface area contributed by atoms with Crippen LogP contribution in [-0.2, 0) is 4.79 Å². The van der Waals surface area contributed by atoms with Gasteiger partial charge in [-0.2, -0.15) is 0 Å².